The number of nitriles is 1. The Bertz CT molecular complexity index is 1000. The lowest BCUT2D eigenvalue weighted by Crippen LogP contribution is -2.35. The number of rotatable bonds is 2. The molecule has 1 aromatic heterocycles. The number of nitrogen functional groups attached to an aromatic ring is 1. The van der Waals surface area contributed by atoms with Gasteiger partial charge in [-0.05, 0) is 49.4 Å². The minimum atomic E-state index is 0.0362. The van der Waals surface area contributed by atoms with Crippen molar-refractivity contribution in [2.75, 3.05) is 30.3 Å². The van der Waals surface area contributed by atoms with E-state index in [1.165, 1.54) is 24.9 Å². The van der Waals surface area contributed by atoms with Gasteiger partial charge < -0.3 is 15.5 Å². The number of carbonyl (C=O) groups is 1. The number of aromatic nitrogens is 1. The lowest BCUT2D eigenvalue weighted by atomic mass is 9.88. The summed E-state index contributed by atoms with van der Waals surface area (Å²) in [5, 5.41) is 9.83. The second kappa shape index (κ2) is 7.75. The molecule has 0 unspecified atom stereocenters. The largest absolute Gasteiger partial charge is 0.383 e. The third-order valence-electron chi connectivity index (χ3n) is 6.14. The van der Waals surface area contributed by atoms with Gasteiger partial charge in [0.1, 0.15) is 17.5 Å². The van der Waals surface area contributed by atoms with E-state index >= 15 is 0 Å². The third-order valence-corrected chi connectivity index (χ3v) is 6.14. The van der Waals surface area contributed by atoms with Crippen molar-refractivity contribution in [3.05, 3.63) is 40.6 Å². The molecule has 0 aliphatic carbocycles. The molecule has 1 amide bonds. The topological polar surface area (TPSA) is 86.2 Å². The number of amides is 1. The van der Waals surface area contributed by atoms with Gasteiger partial charge in [0.25, 0.3) is 0 Å². The zero-order chi connectivity index (χ0) is 20.5. The van der Waals surface area contributed by atoms with Crippen LogP contribution in [0, 0.1) is 18.3 Å². The van der Waals surface area contributed by atoms with Crippen LogP contribution in [0.5, 0.6) is 0 Å². The first kappa shape index (κ1) is 19.3. The molecule has 29 heavy (non-hydrogen) atoms. The number of carbonyl (C=O) groups excluding carboxylic acids is 1. The van der Waals surface area contributed by atoms with E-state index in [0.29, 0.717) is 25.1 Å². The maximum atomic E-state index is 12.0. The van der Waals surface area contributed by atoms with E-state index in [0.717, 1.165) is 41.0 Å². The maximum Gasteiger partial charge on any atom is 0.219 e. The van der Waals surface area contributed by atoms with Crippen LogP contribution in [0.1, 0.15) is 48.6 Å². The average molecular weight is 390 g/mol. The summed E-state index contributed by atoms with van der Waals surface area (Å²) in [5.41, 5.74) is 12.6. The number of piperidine rings is 1. The Morgan fingerprint density at radius 3 is 2.62 bits per heavy atom. The number of aryl methyl sites for hydroxylation is 1. The normalized spacial score (nSPS) is 16.3. The Hall–Kier alpha value is -3.07. The van der Waals surface area contributed by atoms with E-state index in [2.05, 4.69) is 41.1 Å². The Labute approximate surface area is 171 Å². The highest BCUT2D eigenvalue weighted by Crippen LogP contribution is 2.38. The Morgan fingerprint density at radius 2 is 1.97 bits per heavy atom. The van der Waals surface area contributed by atoms with E-state index in [9.17, 15) is 10.1 Å². The van der Waals surface area contributed by atoms with Crippen molar-refractivity contribution in [2.24, 2.45) is 0 Å². The lowest BCUT2D eigenvalue weighted by molar-refractivity contribution is -0.129. The SMILES string of the molecule is CC(=O)N1CCc2nc(N)c(C#N)c(-c3ccc(N4CCCCC4)cc3C)c2C1. The van der Waals surface area contributed by atoms with Crippen LogP contribution in [0.3, 0.4) is 0 Å². The fourth-order valence-corrected chi connectivity index (χ4v) is 4.54. The predicted molar refractivity (Wildman–Crippen MR) is 114 cm³/mol. The summed E-state index contributed by atoms with van der Waals surface area (Å²) in [5.74, 6) is 0.311. The second-order valence-electron chi connectivity index (χ2n) is 8.02. The number of nitrogens with zero attached hydrogens (tertiary/aromatic N) is 4. The molecule has 2 aromatic rings. The molecular weight excluding hydrogens is 362 g/mol. The molecule has 2 aliphatic rings. The molecule has 0 atom stereocenters. The van der Waals surface area contributed by atoms with E-state index in [1.807, 2.05) is 4.90 Å². The Balaban J connectivity index is 1.83. The van der Waals surface area contributed by atoms with E-state index < -0.39 is 0 Å². The fraction of sp³-hybridized carbons (Fsp3) is 0.435. The van der Waals surface area contributed by atoms with E-state index in [-0.39, 0.29) is 11.7 Å². The second-order valence-corrected chi connectivity index (χ2v) is 8.02. The molecule has 2 N–H and O–H groups in total. The van der Waals surface area contributed by atoms with Gasteiger partial charge in [-0.15, -0.1) is 0 Å². The zero-order valence-electron chi connectivity index (χ0n) is 17.2. The van der Waals surface area contributed by atoms with Gasteiger partial charge in [0.05, 0.1) is 5.69 Å². The minimum Gasteiger partial charge on any atom is -0.383 e. The first-order valence-corrected chi connectivity index (χ1v) is 10.3. The summed E-state index contributed by atoms with van der Waals surface area (Å²) < 4.78 is 0. The molecule has 0 spiro atoms. The van der Waals surface area contributed by atoms with Crippen molar-refractivity contribution in [1.82, 2.24) is 9.88 Å². The predicted octanol–water partition coefficient (Wildman–Crippen LogP) is 3.41. The summed E-state index contributed by atoms with van der Waals surface area (Å²) in [6, 6.07) is 8.71. The third kappa shape index (κ3) is 3.53. The Kier molecular flexibility index (Phi) is 5.14. The van der Waals surface area contributed by atoms with Crippen molar-refractivity contribution >= 4 is 17.4 Å². The highest BCUT2D eigenvalue weighted by Gasteiger charge is 2.27. The van der Waals surface area contributed by atoms with Crippen LogP contribution >= 0.6 is 0 Å². The molecule has 0 bridgehead atoms. The fourth-order valence-electron chi connectivity index (χ4n) is 4.54. The van der Waals surface area contributed by atoms with Gasteiger partial charge in [-0.3, -0.25) is 4.79 Å². The van der Waals surface area contributed by atoms with Gasteiger partial charge in [-0.2, -0.15) is 5.26 Å². The highest BCUT2D eigenvalue weighted by molar-refractivity contribution is 5.83. The summed E-state index contributed by atoms with van der Waals surface area (Å²) in [6.45, 7) is 6.95. The number of hydrogen-bond acceptors (Lipinski definition) is 5. The number of benzene rings is 1. The number of hydrogen-bond donors (Lipinski definition) is 1. The number of anilines is 2. The molecule has 1 aromatic carbocycles. The summed E-state index contributed by atoms with van der Waals surface area (Å²) in [6.07, 6.45) is 4.42. The number of fused-ring (bicyclic) bond motifs is 1. The molecule has 4 rings (SSSR count). The first-order chi connectivity index (χ1) is 14.0. The molecule has 6 nitrogen and oxygen atoms in total. The lowest BCUT2D eigenvalue weighted by Gasteiger charge is -2.31. The summed E-state index contributed by atoms with van der Waals surface area (Å²) in [7, 11) is 0. The van der Waals surface area contributed by atoms with Gasteiger partial charge in [0, 0.05) is 56.3 Å². The van der Waals surface area contributed by atoms with Crippen LogP contribution in [0.4, 0.5) is 11.5 Å². The number of pyridine rings is 1. The zero-order valence-corrected chi connectivity index (χ0v) is 17.2. The summed E-state index contributed by atoms with van der Waals surface area (Å²) >= 11 is 0. The van der Waals surface area contributed by atoms with Crippen LogP contribution in [0.15, 0.2) is 18.2 Å². The van der Waals surface area contributed by atoms with Crippen LogP contribution in [-0.4, -0.2) is 35.4 Å². The minimum absolute atomic E-state index is 0.0362. The molecule has 3 heterocycles. The van der Waals surface area contributed by atoms with Crippen molar-refractivity contribution in [2.45, 2.75) is 46.1 Å². The van der Waals surface area contributed by atoms with Crippen molar-refractivity contribution in [1.29, 1.82) is 5.26 Å². The molecule has 1 fully saturated rings. The monoisotopic (exact) mass is 389 g/mol. The molecule has 6 heteroatoms. The van der Waals surface area contributed by atoms with Gasteiger partial charge in [-0.1, -0.05) is 6.07 Å². The molecule has 2 aliphatic heterocycles. The van der Waals surface area contributed by atoms with E-state index in [4.69, 9.17) is 5.73 Å². The van der Waals surface area contributed by atoms with Crippen LogP contribution in [0.2, 0.25) is 0 Å². The first-order valence-electron chi connectivity index (χ1n) is 10.3. The molecule has 1 saturated heterocycles. The highest BCUT2D eigenvalue weighted by atomic mass is 16.2. The smallest absolute Gasteiger partial charge is 0.219 e. The van der Waals surface area contributed by atoms with E-state index in [1.54, 1.807) is 6.92 Å². The van der Waals surface area contributed by atoms with Crippen molar-refractivity contribution in [3.63, 3.8) is 0 Å². The molecule has 0 saturated carbocycles. The van der Waals surface area contributed by atoms with Gasteiger partial charge in [0.2, 0.25) is 5.91 Å². The molecule has 0 radical (unpaired) electrons. The van der Waals surface area contributed by atoms with Crippen LogP contribution in [-0.2, 0) is 17.8 Å². The molecule has 150 valence electrons. The Morgan fingerprint density at radius 1 is 1.21 bits per heavy atom. The standard InChI is InChI=1S/C23H27N5O/c1-15-12-17(27-9-4-3-5-10-27)6-7-18(15)22-19(13-24)23(25)26-21-8-11-28(16(2)29)14-20(21)22/h6-7,12H,3-5,8-11,14H2,1-2H3,(H2,25,26). The number of nitrogens with two attached hydrogens (primary N) is 1. The van der Waals surface area contributed by atoms with Crippen molar-refractivity contribution < 1.29 is 4.79 Å². The maximum absolute atomic E-state index is 12.0. The van der Waals surface area contributed by atoms with Crippen LogP contribution in [0.25, 0.3) is 11.1 Å². The van der Waals surface area contributed by atoms with Gasteiger partial charge >= 0.3 is 0 Å². The summed E-state index contributed by atoms with van der Waals surface area (Å²) in [4.78, 5) is 20.7. The quantitative estimate of drug-likeness (QED) is 0.851. The van der Waals surface area contributed by atoms with Crippen LogP contribution < -0.4 is 10.6 Å². The van der Waals surface area contributed by atoms with Gasteiger partial charge in [-0.25, -0.2) is 4.98 Å². The van der Waals surface area contributed by atoms with Crippen molar-refractivity contribution in [3.8, 4) is 17.2 Å². The molecular formula is C23H27N5O. The average Bonchev–Trinajstić information content (AvgIpc) is 2.73. The van der Waals surface area contributed by atoms with Gasteiger partial charge in [0.15, 0.2) is 0 Å².